The van der Waals surface area contributed by atoms with Crippen LogP contribution in [0.15, 0.2) is 36.7 Å². The van der Waals surface area contributed by atoms with Gasteiger partial charge in [0.2, 0.25) is 0 Å². The Morgan fingerprint density at radius 3 is 2.61 bits per heavy atom. The normalized spacial score (nSPS) is 10.3. The third-order valence-corrected chi connectivity index (χ3v) is 2.83. The molecule has 4 heteroatoms. The van der Waals surface area contributed by atoms with Crippen LogP contribution in [-0.2, 0) is 6.42 Å². The van der Waals surface area contributed by atoms with Crippen molar-refractivity contribution in [2.45, 2.75) is 26.2 Å². The molecule has 0 aliphatic carbocycles. The Morgan fingerprint density at radius 2 is 1.94 bits per heavy atom. The Kier molecular flexibility index (Phi) is 4.53. The highest BCUT2D eigenvalue weighted by molar-refractivity contribution is 6.29. The smallest absolute Gasteiger partial charge is 0.150 e. The van der Waals surface area contributed by atoms with E-state index in [-0.39, 0.29) is 0 Å². The zero-order chi connectivity index (χ0) is 12.8. The molecule has 0 saturated heterocycles. The number of benzene rings is 1. The first-order valence-corrected chi connectivity index (χ1v) is 6.49. The second-order valence-electron chi connectivity index (χ2n) is 4.15. The highest BCUT2D eigenvalue weighted by atomic mass is 35.5. The average Bonchev–Trinajstić information content (AvgIpc) is 2.38. The first-order chi connectivity index (χ1) is 8.78. The van der Waals surface area contributed by atoms with E-state index in [4.69, 9.17) is 11.6 Å². The Labute approximate surface area is 112 Å². The van der Waals surface area contributed by atoms with E-state index in [1.165, 1.54) is 24.6 Å². The molecule has 3 nitrogen and oxygen atoms in total. The van der Waals surface area contributed by atoms with Crippen molar-refractivity contribution in [1.29, 1.82) is 0 Å². The molecule has 0 amide bonds. The summed E-state index contributed by atoms with van der Waals surface area (Å²) in [7, 11) is 0. The van der Waals surface area contributed by atoms with Crippen molar-refractivity contribution in [2.75, 3.05) is 5.32 Å². The Bertz CT molecular complexity index is 497. The van der Waals surface area contributed by atoms with Crippen molar-refractivity contribution in [3.05, 3.63) is 47.4 Å². The predicted octanol–water partition coefficient (Wildman–Crippen LogP) is 4.22. The molecule has 0 spiro atoms. The van der Waals surface area contributed by atoms with Crippen molar-refractivity contribution >= 4 is 23.1 Å². The van der Waals surface area contributed by atoms with Crippen molar-refractivity contribution in [1.82, 2.24) is 9.97 Å². The molecule has 94 valence electrons. The summed E-state index contributed by atoms with van der Waals surface area (Å²) in [5.74, 6) is 0.656. The molecule has 0 saturated carbocycles. The number of nitrogens with zero attached hydrogens (tertiary/aromatic N) is 2. The quantitative estimate of drug-likeness (QED) is 0.876. The minimum atomic E-state index is 0.388. The van der Waals surface area contributed by atoms with E-state index < -0.39 is 0 Å². The molecule has 2 aromatic rings. The molecular formula is C14H16ClN3. The van der Waals surface area contributed by atoms with E-state index >= 15 is 0 Å². The van der Waals surface area contributed by atoms with Crippen LogP contribution in [0, 0.1) is 0 Å². The van der Waals surface area contributed by atoms with Gasteiger partial charge in [0.05, 0.1) is 12.4 Å². The van der Waals surface area contributed by atoms with Crippen LogP contribution in [0.1, 0.15) is 25.3 Å². The van der Waals surface area contributed by atoms with E-state index in [1.807, 2.05) is 12.1 Å². The van der Waals surface area contributed by atoms with Gasteiger partial charge < -0.3 is 5.32 Å². The molecule has 1 aromatic carbocycles. The van der Waals surface area contributed by atoms with Gasteiger partial charge in [-0.3, -0.25) is 4.98 Å². The first-order valence-electron chi connectivity index (χ1n) is 6.11. The number of rotatable bonds is 5. The zero-order valence-corrected chi connectivity index (χ0v) is 11.1. The van der Waals surface area contributed by atoms with E-state index in [2.05, 4.69) is 34.3 Å². The summed E-state index contributed by atoms with van der Waals surface area (Å²) in [5.41, 5.74) is 2.35. The van der Waals surface area contributed by atoms with Crippen LogP contribution in [0.5, 0.6) is 0 Å². The number of nitrogens with one attached hydrogen (secondary N) is 1. The Balaban J connectivity index is 2.02. The summed E-state index contributed by atoms with van der Waals surface area (Å²) in [6, 6.07) is 8.37. The standard InChI is InChI=1S/C14H16ClN3/c1-2-3-4-11-5-7-12(8-6-11)17-14-10-16-9-13(15)18-14/h5-10H,2-4H2,1H3,(H,17,18). The lowest BCUT2D eigenvalue weighted by Crippen LogP contribution is -1.95. The molecule has 1 heterocycles. The van der Waals surface area contributed by atoms with E-state index in [1.54, 1.807) is 6.20 Å². The lowest BCUT2D eigenvalue weighted by molar-refractivity contribution is 0.795. The van der Waals surface area contributed by atoms with E-state index in [9.17, 15) is 0 Å². The van der Waals surface area contributed by atoms with Gasteiger partial charge in [0.15, 0.2) is 5.82 Å². The van der Waals surface area contributed by atoms with Gasteiger partial charge >= 0.3 is 0 Å². The van der Waals surface area contributed by atoms with Gasteiger partial charge in [-0.15, -0.1) is 0 Å². The van der Waals surface area contributed by atoms with Gasteiger partial charge in [0.25, 0.3) is 0 Å². The molecule has 0 bridgehead atoms. The average molecular weight is 262 g/mol. The number of aryl methyl sites for hydroxylation is 1. The van der Waals surface area contributed by atoms with Gasteiger partial charge in [-0.1, -0.05) is 37.1 Å². The second-order valence-corrected chi connectivity index (χ2v) is 4.54. The van der Waals surface area contributed by atoms with Crippen molar-refractivity contribution in [2.24, 2.45) is 0 Å². The first kappa shape index (κ1) is 12.8. The summed E-state index contributed by atoms with van der Waals surface area (Å²) in [4.78, 5) is 8.11. The minimum absolute atomic E-state index is 0.388. The monoisotopic (exact) mass is 261 g/mol. The van der Waals surface area contributed by atoms with Crippen LogP contribution in [0.2, 0.25) is 5.15 Å². The van der Waals surface area contributed by atoms with Crippen LogP contribution in [0.25, 0.3) is 0 Å². The maximum atomic E-state index is 5.78. The fraction of sp³-hybridized carbons (Fsp3) is 0.286. The van der Waals surface area contributed by atoms with Gasteiger partial charge in [0.1, 0.15) is 5.15 Å². The number of anilines is 2. The maximum Gasteiger partial charge on any atom is 0.150 e. The van der Waals surface area contributed by atoms with Crippen LogP contribution in [0.3, 0.4) is 0 Å². The molecule has 1 N–H and O–H groups in total. The number of aromatic nitrogens is 2. The van der Waals surface area contributed by atoms with Gasteiger partial charge in [-0.05, 0) is 30.5 Å². The molecule has 18 heavy (non-hydrogen) atoms. The number of hydrogen-bond donors (Lipinski definition) is 1. The molecule has 0 unspecified atom stereocenters. The maximum absolute atomic E-state index is 5.78. The third-order valence-electron chi connectivity index (χ3n) is 2.65. The van der Waals surface area contributed by atoms with E-state index in [0.29, 0.717) is 11.0 Å². The van der Waals surface area contributed by atoms with E-state index in [0.717, 1.165) is 12.1 Å². The van der Waals surface area contributed by atoms with Crippen LogP contribution < -0.4 is 5.32 Å². The number of hydrogen-bond acceptors (Lipinski definition) is 3. The molecule has 0 fully saturated rings. The SMILES string of the molecule is CCCCc1ccc(Nc2cncc(Cl)n2)cc1. The van der Waals surface area contributed by atoms with Crippen LogP contribution in [-0.4, -0.2) is 9.97 Å². The summed E-state index contributed by atoms with van der Waals surface area (Å²) < 4.78 is 0. The third kappa shape index (κ3) is 3.70. The summed E-state index contributed by atoms with van der Waals surface area (Å²) >= 11 is 5.78. The predicted molar refractivity (Wildman–Crippen MR) is 75.4 cm³/mol. The van der Waals surface area contributed by atoms with Crippen LogP contribution in [0.4, 0.5) is 11.5 Å². The summed E-state index contributed by atoms with van der Waals surface area (Å²) in [6.07, 6.45) is 6.75. The van der Waals surface area contributed by atoms with Gasteiger partial charge in [0, 0.05) is 5.69 Å². The lowest BCUT2D eigenvalue weighted by Gasteiger charge is -2.06. The fourth-order valence-corrected chi connectivity index (χ4v) is 1.83. The zero-order valence-electron chi connectivity index (χ0n) is 10.4. The Morgan fingerprint density at radius 1 is 1.17 bits per heavy atom. The van der Waals surface area contributed by atoms with Crippen molar-refractivity contribution in [3.63, 3.8) is 0 Å². The summed E-state index contributed by atoms with van der Waals surface area (Å²) in [6.45, 7) is 2.20. The number of halogens is 1. The molecule has 0 aliphatic heterocycles. The highest BCUT2D eigenvalue weighted by Gasteiger charge is 1.98. The lowest BCUT2D eigenvalue weighted by atomic mass is 10.1. The van der Waals surface area contributed by atoms with Crippen molar-refractivity contribution < 1.29 is 0 Å². The molecule has 1 aromatic heterocycles. The van der Waals surface area contributed by atoms with Crippen LogP contribution >= 0.6 is 11.6 Å². The molecular weight excluding hydrogens is 246 g/mol. The molecule has 2 rings (SSSR count). The number of unbranched alkanes of at least 4 members (excludes halogenated alkanes) is 1. The largest absolute Gasteiger partial charge is 0.339 e. The molecule has 0 atom stereocenters. The summed E-state index contributed by atoms with van der Waals surface area (Å²) in [5, 5.41) is 3.56. The minimum Gasteiger partial charge on any atom is -0.339 e. The fourth-order valence-electron chi connectivity index (χ4n) is 1.69. The second kappa shape index (κ2) is 6.36. The Hall–Kier alpha value is -1.61. The highest BCUT2D eigenvalue weighted by Crippen LogP contribution is 2.16. The molecule has 0 radical (unpaired) electrons. The van der Waals surface area contributed by atoms with Gasteiger partial charge in [-0.2, -0.15) is 0 Å². The topological polar surface area (TPSA) is 37.8 Å². The van der Waals surface area contributed by atoms with Gasteiger partial charge in [-0.25, -0.2) is 4.98 Å². The van der Waals surface area contributed by atoms with Crippen molar-refractivity contribution in [3.8, 4) is 0 Å². The molecule has 0 aliphatic rings.